The first-order valence-corrected chi connectivity index (χ1v) is 11.1. The minimum absolute atomic E-state index is 0.0876. The van der Waals surface area contributed by atoms with Gasteiger partial charge in [-0.15, -0.1) is 0 Å². The van der Waals surface area contributed by atoms with Crippen LogP contribution >= 0.6 is 0 Å². The molecule has 3 aromatic rings. The highest BCUT2D eigenvalue weighted by Crippen LogP contribution is 2.19. The highest BCUT2D eigenvalue weighted by Gasteiger charge is 2.24. The molecule has 1 heterocycles. The van der Waals surface area contributed by atoms with Crippen molar-refractivity contribution in [1.29, 1.82) is 0 Å². The maximum absolute atomic E-state index is 13.2. The van der Waals surface area contributed by atoms with E-state index in [1.807, 2.05) is 88.4 Å². The van der Waals surface area contributed by atoms with E-state index in [2.05, 4.69) is 10.3 Å². The summed E-state index contributed by atoms with van der Waals surface area (Å²) in [4.78, 5) is 31.8. The second kappa shape index (κ2) is 11.3. The molecule has 0 fully saturated rings. The van der Waals surface area contributed by atoms with Gasteiger partial charge in [-0.05, 0) is 68.1 Å². The van der Waals surface area contributed by atoms with Crippen LogP contribution in [0.1, 0.15) is 49.1 Å². The Morgan fingerprint density at radius 3 is 2.33 bits per heavy atom. The van der Waals surface area contributed by atoms with Crippen LogP contribution in [-0.2, 0) is 22.7 Å². The SMILES string of the molecule is Cc1ccccc1CN(Cc1cccnc1)C(=O)C(=O)NC(C)c1ccc(OC(C)C)cc1. The molecule has 0 radical (unpaired) electrons. The molecule has 1 unspecified atom stereocenters. The maximum Gasteiger partial charge on any atom is 0.312 e. The first-order chi connectivity index (χ1) is 15.8. The number of nitrogens with one attached hydrogen (secondary N) is 1. The van der Waals surface area contributed by atoms with Crippen LogP contribution in [0, 0.1) is 6.92 Å². The number of ether oxygens (including phenoxy) is 1. The van der Waals surface area contributed by atoms with Gasteiger partial charge in [0.1, 0.15) is 5.75 Å². The summed E-state index contributed by atoms with van der Waals surface area (Å²) in [5.74, 6) is -0.444. The number of rotatable bonds is 8. The maximum atomic E-state index is 13.2. The third-order valence-corrected chi connectivity index (χ3v) is 5.30. The number of carbonyl (C=O) groups excluding carboxylic acids is 2. The van der Waals surface area contributed by atoms with Crippen molar-refractivity contribution in [2.24, 2.45) is 0 Å². The molecule has 2 aromatic carbocycles. The van der Waals surface area contributed by atoms with Gasteiger partial charge in [0.05, 0.1) is 12.1 Å². The standard InChI is InChI=1S/C27H31N3O3/c1-19(2)33-25-13-11-23(12-14-25)21(4)29-26(31)27(32)30(17-22-9-7-15-28-16-22)18-24-10-6-5-8-20(24)3/h5-16,19,21H,17-18H2,1-4H3,(H,29,31). The van der Waals surface area contributed by atoms with Gasteiger partial charge in [0.2, 0.25) is 0 Å². The molecule has 1 atom stereocenters. The molecule has 1 aromatic heterocycles. The summed E-state index contributed by atoms with van der Waals surface area (Å²) in [6.45, 7) is 8.42. The van der Waals surface area contributed by atoms with Gasteiger partial charge in [-0.25, -0.2) is 0 Å². The molecule has 0 saturated heterocycles. The third-order valence-electron chi connectivity index (χ3n) is 5.30. The lowest BCUT2D eigenvalue weighted by atomic mass is 10.1. The van der Waals surface area contributed by atoms with Crippen molar-refractivity contribution in [1.82, 2.24) is 15.2 Å². The van der Waals surface area contributed by atoms with E-state index in [-0.39, 0.29) is 12.1 Å². The summed E-state index contributed by atoms with van der Waals surface area (Å²) in [5, 5.41) is 2.84. The van der Waals surface area contributed by atoms with E-state index in [1.54, 1.807) is 17.3 Å². The summed E-state index contributed by atoms with van der Waals surface area (Å²) < 4.78 is 5.67. The highest BCUT2D eigenvalue weighted by molar-refractivity contribution is 6.35. The smallest absolute Gasteiger partial charge is 0.312 e. The molecular formula is C27H31N3O3. The average Bonchev–Trinajstić information content (AvgIpc) is 2.80. The largest absolute Gasteiger partial charge is 0.491 e. The Morgan fingerprint density at radius 1 is 0.970 bits per heavy atom. The second-order valence-electron chi connectivity index (χ2n) is 8.38. The molecule has 0 aliphatic heterocycles. The molecular weight excluding hydrogens is 414 g/mol. The molecule has 3 rings (SSSR count). The highest BCUT2D eigenvalue weighted by atomic mass is 16.5. The van der Waals surface area contributed by atoms with Gasteiger partial charge < -0.3 is 15.0 Å². The van der Waals surface area contributed by atoms with Crippen LogP contribution in [0.25, 0.3) is 0 Å². The molecule has 6 nitrogen and oxygen atoms in total. The van der Waals surface area contributed by atoms with E-state index in [9.17, 15) is 9.59 Å². The van der Waals surface area contributed by atoms with Gasteiger partial charge in [0, 0.05) is 25.5 Å². The van der Waals surface area contributed by atoms with Crippen molar-refractivity contribution in [3.63, 3.8) is 0 Å². The van der Waals surface area contributed by atoms with Crippen LogP contribution in [-0.4, -0.2) is 27.8 Å². The lowest BCUT2D eigenvalue weighted by Crippen LogP contribution is -2.43. The third kappa shape index (κ3) is 6.91. The summed E-state index contributed by atoms with van der Waals surface area (Å²) in [6.07, 6.45) is 3.48. The fraction of sp³-hybridized carbons (Fsp3) is 0.296. The summed E-state index contributed by atoms with van der Waals surface area (Å²) in [5.41, 5.74) is 3.82. The van der Waals surface area contributed by atoms with E-state index in [1.165, 1.54) is 0 Å². The lowest BCUT2D eigenvalue weighted by molar-refractivity contribution is -0.147. The van der Waals surface area contributed by atoms with Crippen LogP contribution in [0.3, 0.4) is 0 Å². The van der Waals surface area contributed by atoms with Crippen LogP contribution in [0.15, 0.2) is 73.1 Å². The minimum atomic E-state index is -0.637. The second-order valence-corrected chi connectivity index (χ2v) is 8.38. The number of pyridine rings is 1. The number of carbonyl (C=O) groups is 2. The van der Waals surface area contributed by atoms with Crippen LogP contribution < -0.4 is 10.1 Å². The van der Waals surface area contributed by atoms with E-state index in [0.717, 1.165) is 28.0 Å². The van der Waals surface area contributed by atoms with Gasteiger partial charge in [0.15, 0.2) is 0 Å². The molecule has 0 spiro atoms. The number of aryl methyl sites for hydroxylation is 1. The molecule has 0 saturated carbocycles. The number of hydrogen-bond acceptors (Lipinski definition) is 4. The predicted octanol–water partition coefficient (Wildman–Crippen LogP) is 4.58. The molecule has 0 bridgehead atoms. The van der Waals surface area contributed by atoms with Gasteiger partial charge in [-0.1, -0.05) is 42.5 Å². The Hall–Kier alpha value is -3.67. The molecule has 1 N–H and O–H groups in total. The van der Waals surface area contributed by atoms with E-state index in [0.29, 0.717) is 13.1 Å². The monoisotopic (exact) mass is 445 g/mol. The fourth-order valence-corrected chi connectivity index (χ4v) is 3.50. The van der Waals surface area contributed by atoms with Crippen LogP contribution in [0.4, 0.5) is 0 Å². The van der Waals surface area contributed by atoms with Crippen molar-refractivity contribution >= 4 is 11.8 Å². The molecule has 6 heteroatoms. The lowest BCUT2D eigenvalue weighted by Gasteiger charge is -2.24. The molecule has 0 aliphatic rings. The first kappa shape index (κ1) is 24.0. The van der Waals surface area contributed by atoms with Crippen LogP contribution in [0.2, 0.25) is 0 Å². The van der Waals surface area contributed by atoms with Crippen molar-refractivity contribution < 1.29 is 14.3 Å². The fourth-order valence-electron chi connectivity index (χ4n) is 3.50. The quantitative estimate of drug-likeness (QED) is 0.515. The Kier molecular flexibility index (Phi) is 8.19. The van der Waals surface area contributed by atoms with Gasteiger partial charge in [-0.2, -0.15) is 0 Å². The van der Waals surface area contributed by atoms with Gasteiger partial charge in [0.25, 0.3) is 0 Å². The van der Waals surface area contributed by atoms with Gasteiger partial charge in [-0.3, -0.25) is 14.6 Å². The molecule has 2 amide bonds. The number of hydrogen-bond donors (Lipinski definition) is 1. The first-order valence-electron chi connectivity index (χ1n) is 11.1. The van der Waals surface area contributed by atoms with Gasteiger partial charge >= 0.3 is 11.8 Å². The zero-order valence-corrected chi connectivity index (χ0v) is 19.6. The number of aromatic nitrogens is 1. The number of nitrogens with zero attached hydrogens (tertiary/aromatic N) is 2. The van der Waals surface area contributed by atoms with Crippen LogP contribution in [0.5, 0.6) is 5.75 Å². The van der Waals surface area contributed by atoms with E-state index >= 15 is 0 Å². The zero-order chi connectivity index (χ0) is 23.8. The molecule has 172 valence electrons. The summed E-state index contributed by atoms with van der Waals surface area (Å²) in [6, 6.07) is 18.8. The Balaban J connectivity index is 1.72. The molecule has 33 heavy (non-hydrogen) atoms. The summed E-state index contributed by atoms with van der Waals surface area (Å²) >= 11 is 0. The predicted molar refractivity (Wildman–Crippen MR) is 128 cm³/mol. The average molecular weight is 446 g/mol. The topological polar surface area (TPSA) is 71.5 Å². The van der Waals surface area contributed by atoms with Crippen molar-refractivity contribution in [2.75, 3.05) is 0 Å². The number of amides is 2. The summed E-state index contributed by atoms with van der Waals surface area (Å²) in [7, 11) is 0. The van der Waals surface area contributed by atoms with E-state index in [4.69, 9.17) is 4.74 Å². The zero-order valence-electron chi connectivity index (χ0n) is 19.6. The van der Waals surface area contributed by atoms with Crippen molar-refractivity contribution in [2.45, 2.75) is 52.9 Å². The normalized spacial score (nSPS) is 11.7. The Morgan fingerprint density at radius 2 is 1.70 bits per heavy atom. The minimum Gasteiger partial charge on any atom is -0.491 e. The van der Waals surface area contributed by atoms with E-state index < -0.39 is 11.8 Å². The van der Waals surface area contributed by atoms with Crippen molar-refractivity contribution in [3.05, 3.63) is 95.3 Å². The molecule has 0 aliphatic carbocycles. The Bertz CT molecular complexity index is 1070. The Labute approximate surface area is 195 Å². The van der Waals surface area contributed by atoms with Crippen molar-refractivity contribution in [3.8, 4) is 5.75 Å². The number of benzene rings is 2.